The van der Waals surface area contributed by atoms with Crippen molar-refractivity contribution in [3.63, 3.8) is 0 Å². The van der Waals surface area contributed by atoms with Crippen molar-refractivity contribution < 1.29 is 4.74 Å². The predicted molar refractivity (Wildman–Crippen MR) is 60.3 cm³/mol. The third kappa shape index (κ3) is 3.77. The first-order valence-electron chi connectivity index (χ1n) is 4.21. The number of thiophene rings is 1. The minimum Gasteiger partial charge on any atom is -0.383 e. The van der Waals surface area contributed by atoms with Crippen molar-refractivity contribution in [1.29, 1.82) is 0 Å². The van der Waals surface area contributed by atoms with Crippen molar-refractivity contribution in [3.8, 4) is 0 Å². The second-order valence-corrected chi connectivity index (χ2v) is 5.31. The van der Waals surface area contributed by atoms with Gasteiger partial charge in [0.1, 0.15) is 0 Å². The van der Waals surface area contributed by atoms with E-state index >= 15 is 0 Å². The Kier molecular flexibility index (Phi) is 4.94. The van der Waals surface area contributed by atoms with Crippen LogP contribution in [0.15, 0.2) is 15.9 Å². The van der Waals surface area contributed by atoms with Gasteiger partial charge in [0.2, 0.25) is 0 Å². The Hall–Kier alpha value is 0.1000. The molecule has 1 N–H and O–H groups in total. The number of ether oxygens (including phenoxy) is 1. The van der Waals surface area contributed by atoms with Crippen LogP contribution in [0.1, 0.15) is 17.8 Å². The minimum absolute atomic E-state index is 0.409. The molecule has 1 heterocycles. The summed E-state index contributed by atoms with van der Waals surface area (Å²) >= 11 is 5.22. The molecule has 1 rings (SSSR count). The normalized spacial score (nSPS) is 13.2. The molecule has 0 aromatic carbocycles. The number of rotatable bonds is 5. The van der Waals surface area contributed by atoms with E-state index in [0.717, 1.165) is 13.2 Å². The largest absolute Gasteiger partial charge is 0.383 e. The Labute approximate surface area is 91.4 Å². The standard InChI is InChI=1S/C9H14BrNOS/c1-7(11-5-6-12-2)8-3-4-9(10)13-8/h3-4,7,11H,5-6H2,1-2H3/t7-/m1/s1. The van der Waals surface area contributed by atoms with E-state index in [1.165, 1.54) is 8.66 Å². The Morgan fingerprint density at radius 2 is 2.38 bits per heavy atom. The fourth-order valence-electron chi connectivity index (χ4n) is 1.04. The van der Waals surface area contributed by atoms with Crippen LogP contribution < -0.4 is 5.32 Å². The van der Waals surface area contributed by atoms with Crippen molar-refractivity contribution in [2.24, 2.45) is 0 Å². The molecule has 1 aromatic rings. The Bertz CT molecular complexity index is 252. The van der Waals surface area contributed by atoms with Gasteiger partial charge >= 0.3 is 0 Å². The molecule has 0 amide bonds. The first-order valence-corrected chi connectivity index (χ1v) is 5.82. The highest BCUT2D eigenvalue weighted by atomic mass is 79.9. The van der Waals surface area contributed by atoms with Gasteiger partial charge in [0, 0.05) is 24.6 Å². The van der Waals surface area contributed by atoms with E-state index < -0.39 is 0 Å². The van der Waals surface area contributed by atoms with E-state index in [9.17, 15) is 0 Å². The SMILES string of the molecule is COCCN[C@H](C)c1ccc(Br)s1. The van der Waals surface area contributed by atoms with Crippen LogP contribution >= 0.6 is 27.3 Å². The predicted octanol–water partition coefficient (Wildman–Crippen LogP) is 2.81. The maximum absolute atomic E-state index is 4.96. The molecule has 0 unspecified atom stereocenters. The van der Waals surface area contributed by atoms with Crippen molar-refractivity contribution in [2.45, 2.75) is 13.0 Å². The van der Waals surface area contributed by atoms with Crippen molar-refractivity contribution in [3.05, 3.63) is 20.8 Å². The lowest BCUT2D eigenvalue weighted by atomic mass is 10.3. The van der Waals surface area contributed by atoms with Crippen LogP contribution in [0.4, 0.5) is 0 Å². The van der Waals surface area contributed by atoms with E-state index in [4.69, 9.17) is 4.74 Å². The summed E-state index contributed by atoms with van der Waals surface area (Å²) in [6.07, 6.45) is 0. The molecule has 0 fully saturated rings. The van der Waals surface area contributed by atoms with Crippen LogP contribution in [0, 0.1) is 0 Å². The molecule has 1 aromatic heterocycles. The second-order valence-electron chi connectivity index (χ2n) is 2.81. The number of hydrogen-bond acceptors (Lipinski definition) is 3. The molecule has 1 atom stereocenters. The summed E-state index contributed by atoms with van der Waals surface area (Å²) in [7, 11) is 1.72. The number of hydrogen-bond donors (Lipinski definition) is 1. The van der Waals surface area contributed by atoms with Crippen LogP contribution in [0.25, 0.3) is 0 Å². The molecule has 13 heavy (non-hydrogen) atoms. The molecule has 0 aliphatic carbocycles. The molecular weight excluding hydrogens is 250 g/mol. The van der Waals surface area contributed by atoms with Gasteiger partial charge in [0.15, 0.2) is 0 Å². The molecule has 2 nitrogen and oxygen atoms in total. The summed E-state index contributed by atoms with van der Waals surface area (Å²) in [4.78, 5) is 1.35. The highest BCUT2D eigenvalue weighted by Crippen LogP contribution is 2.26. The number of methoxy groups -OCH3 is 1. The molecule has 0 saturated heterocycles. The van der Waals surface area contributed by atoms with Gasteiger partial charge in [-0.3, -0.25) is 0 Å². The van der Waals surface area contributed by atoms with E-state index in [0.29, 0.717) is 6.04 Å². The van der Waals surface area contributed by atoms with Crippen LogP contribution in [0.2, 0.25) is 0 Å². The van der Waals surface area contributed by atoms with Gasteiger partial charge in [0.05, 0.1) is 10.4 Å². The maximum atomic E-state index is 4.96. The highest BCUT2D eigenvalue weighted by molar-refractivity contribution is 9.11. The Balaban J connectivity index is 2.35. The quantitative estimate of drug-likeness (QED) is 0.826. The van der Waals surface area contributed by atoms with Gasteiger partial charge in [0.25, 0.3) is 0 Å². The van der Waals surface area contributed by atoms with E-state index in [1.54, 1.807) is 18.4 Å². The zero-order valence-electron chi connectivity index (χ0n) is 7.84. The molecular formula is C9H14BrNOS. The molecule has 0 aliphatic rings. The number of nitrogens with one attached hydrogen (secondary N) is 1. The average Bonchev–Trinajstić information content (AvgIpc) is 2.52. The monoisotopic (exact) mass is 263 g/mol. The lowest BCUT2D eigenvalue weighted by Gasteiger charge is -2.10. The first-order chi connectivity index (χ1) is 6.24. The van der Waals surface area contributed by atoms with Gasteiger partial charge < -0.3 is 10.1 Å². The zero-order valence-corrected chi connectivity index (χ0v) is 10.2. The van der Waals surface area contributed by atoms with Gasteiger partial charge in [-0.1, -0.05) is 0 Å². The van der Waals surface area contributed by atoms with Crippen molar-refractivity contribution in [2.75, 3.05) is 20.3 Å². The van der Waals surface area contributed by atoms with Crippen LogP contribution in [-0.2, 0) is 4.74 Å². The second kappa shape index (κ2) is 5.75. The topological polar surface area (TPSA) is 21.3 Å². The molecule has 0 radical (unpaired) electrons. The maximum Gasteiger partial charge on any atom is 0.0701 e. The zero-order chi connectivity index (χ0) is 9.68. The first kappa shape index (κ1) is 11.2. The lowest BCUT2D eigenvalue weighted by Crippen LogP contribution is -2.22. The molecule has 74 valence electrons. The van der Waals surface area contributed by atoms with E-state index in [2.05, 4.69) is 40.3 Å². The minimum atomic E-state index is 0.409. The summed E-state index contributed by atoms with van der Waals surface area (Å²) < 4.78 is 6.15. The van der Waals surface area contributed by atoms with Crippen LogP contribution in [0.5, 0.6) is 0 Å². The van der Waals surface area contributed by atoms with Gasteiger partial charge in [-0.25, -0.2) is 0 Å². The average molecular weight is 264 g/mol. The van der Waals surface area contributed by atoms with Gasteiger partial charge in [-0.15, -0.1) is 11.3 Å². The summed E-state index contributed by atoms with van der Waals surface area (Å²) in [6, 6.07) is 4.62. The van der Waals surface area contributed by atoms with Crippen molar-refractivity contribution >= 4 is 27.3 Å². The summed E-state index contributed by atoms with van der Waals surface area (Å²) in [5.41, 5.74) is 0. The third-order valence-corrected chi connectivity index (χ3v) is 3.58. The molecule has 0 spiro atoms. The fourth-order valence-corrected chi connectivity index (χ4v) is 2.49. The molecule has 4 heteroatoms. The highest BCUT2D eigenvalue weighted by Gasteiger charge is 2.06. The lowest BCUT2D eigenvalue weighted by molar-refractivity contribution is 0.196. The Morgan fingerprint density at radius 3 is 2.92 bits per heavy atom. The third-order valence-electron chi connectivity index (χ3n) is 1.78. The molecule has 0 bridgehead atoms. The van der Waals surface area contributed by atoms with Gasteiger partial charge in [-0.05, 0) is 35.0 Å². The van der Waals surface area contributed by atoms with Gasteiger partial charge in [-0.2, -0.15) is 0 Å². The molecule has 0 aliphatic heterocycles. The van der Waals surface area contributed by atoms with Crippen LogP contribution in [0.3, 0.4) is 0 Å². The fraction of sp³-hybridized carbons (Fsp3) is 0.556. The summed E-state index contributed by atoms with van der Waals surface area (Å²) in [6.45, 7) is 3.82. The summed E-state index contributed by atoms with van der Waals surface area (Å²) in [5.74, 6) is 0. The number of halogens is 1. The Morgan fingerprint density at radius 1 is 1.62 bits per heavy atom. The summed E-state index contributed by atoms with van der Waals surface area (Å²) in [5, 5.41) is 3.38. The van der Waals surface area contributed by atoms with Crippen LogP contribution in [-0.4, -0.2) is 20.3 Å². The van der Waals surface area contributed by atoms with E-state index in [1.807, 2.05) is 0 Å². The van der Waals surface area contributed by atoms with Crippen molar-refractivity contribution in [1.82, 2.24) is 5.32 Å². The van der Waals surface area contributed by atoms with E-state index in [-0.39, 0.29) is 0 Å². The molecule has 0 saturated carbocycles. The smallest absolute Gasteiger partial charge is 0.0701 e.